The van der Waals surface area contributed by atoms with E-state index in [2.05, 4.69) is 20.8 Å². The van der Waals surface area contributed by atoms with Crippen molar-refractivity contribution < 1.29 is 4.92 Å². The lowest BCUT2D eigenvalue weighted by molar-refractivity contribution is -0.419. The van der Waals surface area contributed by atoms with E-state index in [1.54, 1.807) is 13.0 Å². The summed E-state index contributed by atoms with van der Waals surface area (Å²) >= 11 is 0. The molecule has 0 aliphatic heterocycles. The molecule has 3 heteroatoms. The fraction of sp³-hybridized carbons (Fsp3) is 0.667. The second kappa shape index (κ2) is 7.21. The van der Waals surface area contributed by atoms with Gasteiger partial charge in [0.25, 0.3) is 5.70 Å². The highest BCUT2D eigenvalue weighted by atomic mass is 16.6. The monoisotopic (exact) mass is 211 g/mol. The van der Waals surface area contributed by atoms with Gasteiger partial charge in [-0.2, -0.15) is 0 Å². The minimum absolute atomic E-state index is 0.173. The molecule has 0 heterocycles. The van der Waals surface area contributed by atoms with E-state index in [1.165, 1.54) is 6.08 Å². The Morgan fingerprint density at radius 2 is 2.00 bits per heavy atom. The molecule has 0 aromatic heterocycles. The zero-order valence-corrected chi connectivity index (χ0v) is 10.1. The molecule has 0 amide bonds. The second-order valence-corrected chi connectivity index (χ2v) is 3.97. The molecule has 3 nitrogen and oxygen atoms in total. The Balaban J connectivity index is 4.14. The Kier molecular flexibility index (Phi) is 6.67. The highest BCUT2D eigenvalue weighted by Crippen LogP contribution is 2.18. The van der Waals surface area contributed by atoms with E-state index in [9.17, 15) is 10.1 Å². The summed E-state index contributed by atoms with van der Waals surface area (Å²) in [4.78, 5) is 10.1. The standard InChI is InChI=1S/C12H21NO2/c1-5-10(3)11(4)8-7-9-12(6-2)13(14)15/h6-7,9-11H,5,8H2,1-4H3/b9-7-,12-6+/t10?,11-/m1/s1. The summed E-state index contributed by atoms with van der Waals surface area (Å²) in [7, 11) is 0. The van der Waals surface area contributed by atoms with Gasteiger partial charge in [0, 0.05) is 6.08 Å². The maximum Gasteiger partial charge on any atom is 0.264 e. The van der Waals surface area contributed by atoms with Gasteiger partial charge in [-0.15, -0.1) is 0 Å². The van der Waals surface area contributed by atoms with Crippen molar-refractivity contribution in [2.75, 3.05) is 0 Å². The third-order valence-corrected chi connectivity index (χ3v) is 2.92. The maximum atomic E-state index is 10.5. The summed E-state index contributed by atoms with van der Waals surface area (Å²) in [5.41, 5.74) is 0.173. The molecular formula is C12H21NO2. The lowest BCUT2D eigenvalue weighted by atomic mass is 9.91. The predicted octanol–water partition coefficient (Wildman–Crippen LogP) is 3.80. The van der Waals surface area contributed by atoms with Gasteiger partial charge in [0.1, 0.15) is 0 Å². The molecule has 0 N–H and O–H groups in total. The van der Waals surface area contributed by atoms with E-state index in [1.807, 2.05) is 6.08 Å². The first-order valence-electron chi connectivity index (χ1n) is 5.50. The van der Waals surface area contributed by atoms with Crippen molar-refractivity contribution in [3.63, 3.8) is 0 Å². The third-order valence-electron chi connectivity index (χ3n) is 2.92. The summed E-state index contributed by atoms with van der Waals surface area (Å²) in [6, 6.07) is 0. The van der Waals surface area contributed by atoms with Crippen LogP contribution in [-0.4, -0.2) is 4.92 Å². The van der Waals surface area contributed by atoms with E-state index in [0.29, 0.717) is 11.8 Å². The smallest absolute Gasteiger partial charge is 0.258 e. The van der Waals surface area contributed by atoms with Gasteiger partial charge in [-0.1, -0.05) is 33.3 Å². The fourth-order valence-corrected chi connectivity index (χ4v) is 1.30. The molecule has 1 unspecified atom stereocenters. The van der Waals surface area contributed by atoms with Crippen LogP contribution in [0.15, 0.2) is 23.9 Å². The van der Waals surface area contributed by atoms with Crippen molar-refractivity contribution in [3.05, 3.63) is 34.0 Å². The molecule has 0 spiro atoms. The van der Waals surface area contributed by atoms with Gasteiger partial charge in [-0.3, -0.25) is 10.1 Å². The van der Waals surface area contributed by atoms with Crippen LogP contribution in [-0.2, 0) is 0 Å². The molecule has 0 aromatic rings. The molecule has 0 saturated carbocycles. The summed E-state index contributed by atoms with van der Waals surface area (Å²) in [6.07, 6.45) is 7.07. The third kappa shape index (κ3) is 5.35. The molecule has 0 rings (SSSR count). The zero-order chi connectivity index (χ0) is 11.8. The van der Waals surface area contributed by atoms with Gasteiger partial charge in [-0.05, 0) is 31.3 Å². The Morgan fingerprint density at radius 1 is 1.40 bits per heavy atom. The summed E-state index contributed by atoms with van der Waals surface area (Å²) < 4.78 is 0. The fourth-order valence-electron chi connectivity index (χ4n) is 1.30. The largest absolute Gasteiger partial charge is 0.264 e. The first kappa shape index (κ1) is 13.9. The molecule has 0 radical (unpaired) electrons. The van der Waals surface area contributed by atoms with E-state index >= 15 is 0 Å². The molecule has 0 aliphatic carbocycles. The van der Waals surface area contributed by atoms with Crippen LogP contribution in [0.1, 0.15) is 40.5 Å². The van der Waals surface area contributed by atoms with Gasteiger partial charge in [0.15, 0.2) is 0 Å². The Bertz CT molecular complexity index is 256. The Labute approximate surface area is 92.0 Å². The van der Waals surface area contributed by atoms with Crippen LogP contribution in [0.25, 0.3) is 0 Å². The van der Waals surface area contributed by atoms with Gasteiger partial charge in [-0.25, -0.2) is 0 Å². The summed E-state index contributed by atoms with van der Waals surface area (Å²) in [5, 5.41) is 10.5. The second-order valence-electron chi connectivity index (χ2n) is 3.97. The van der Waals surface area contributed by atoms with Gasteiger partial charge < -0.3 is 0 Å². The van der Waals surface area contributed by atoms with E-state index < -0.39 is 0 Å². The highest BCUT2D eigenvalue weighted by molar-refractivity contribution is 5.09. The molecule has 15 heavy (non-hydrogen) atoms. The number of allylic oxidation sites excluding steroid dienone is 3. The van der Waals surface area contributed by atoms with Crippen molar-refractivity contribution in [3.8, 4) is 0 Å². The number of nitro groups is 1. The number of nitrogens with zero attached hydrogens (tertiary/aromatic N) is 1. The molecular weight excluding hydrogens is 190 g/mol. The van der Waals surface area contributed by atoms with E-state index in [4.69, 9.17) is 0 Å². The Morgan fingerprint density at radius 3 is 2.40 bits per heavy atom. The first-order valence-corrected chi connectivity index (χ1v) is 5.50. The van der Waals surface area contributed by atoms with Gasteiger partial charge >= 0.3 is 0 Å². The molecule has 86 valence electrons. The van der Waals surface area contributed by atoms with Crippen LogP contribution in [0.5, 0.6) is 0 Å². The highest BCUT2D eigenvalue weighted by Gasteiger charge is 2.08. The molecule has 0 bridgehead atoms. The summed E-state index contributed by atoms with van der Waals surface area (Å²) in [6.45, 7) is 8.24. The minimum atomic E-state index is -0.357. The normalized spacial score (nSPS) is 16.7. The minimum Gasteiger partial charge on any atom is -0.258 e. The Hall–Kier alpha value is -1.12. The SMILES string of the molecule is C/C=C(\C=C/C[C@@H](C)C(C)CC)[N+](=O)[O-]. The van der Waals surface area contributed by atoms with Crippen LogP contribution >= 0.6 is 0 Å². The van der Waals surface area contributed by atoms with Gasteiger partial charge in [0.2, 0.25) is 0 Å². The molecule has 0 saturated heterocycles. The molecule has 0 fully saturated rings. The lowest BCUT2D eigenvalue weighted by Gasteiger charge is -2.15. The number of hydrogen-bond acceptors (Lipinski definition) is 2. The maximum absolute atomic E-state index is 10.5. The van der Waals surface area contributed by atoms with E-state index in [-0.39, 0.29) is 10.6 Å². The molecule has 0 aliphatic rings. The summed E-state index contributed by atoms with van der Waals surface area (Å²) in [5.74, 6) is 1.25. The van der Waals surface area contributed by atoms with Crippen LogP contribution in [0, 0.1) is 22.0 Å². The lowest BCUT2D eigenvalue weighted by Crippen LogP contribution is -2.05. The molecule has 2 atom stereocenters. The topological polar surface area (TPSA) is 43.1 Å². The average Bonchev–Trinajstić information content (AvgIpc) is 2.22. The van der Waals surface area contributed by atoms with Gasteiger partial charge in [0.05, 0.1) is 4.92 Å². The first-order chi connectivity index (χ1) is 7.02. The number of rotatable bonds is 6. The van der Waals surface area contributed by atoms with Crippen molar-refractivity contribution in [1.82, 2.24) is 0 Å². The van der Waals surface area contributed by atoms with Crippen molar-refractivity contribution >= 4 is 0 Å². The molecule has 0 aromatic carbocycles. The average molecular weight is 211 g/mol. The predicted molar refractivity (Wildman–Crippen MR) is 63.1 cm³/mol. The van der Waals surface area contributed by atoms with Crippen molar-refractivity contribution in [2.45, 2.75) is 40.5 Å². The van der Waals surface area contributed by atoms with Crippen LogP contribution < -0.4 is 0 Å². The zero-order valence-electron chi connectivity index (χ0n) is 10.1. The number of hydrogen-bond donors (Lipinski definition) is 0. The van der Waals surface area contributed by atoms with E-state index in [0.717, 1.165) is 12.8 Å². The van der Waals surface area contributed by atoms with Crippen molar-refractivity contribution in [1.29, 1.82) is 0 Å². The van der Waals surface area contributed by atoms with Crippen LogP contribution in [0.2, 0.25) is 0 Å². The van der Waals surface area contributed by atoms with Crippen molar-refractivity contribution in [2.24, 2.45) is 11.8 Å². The quantitative estimate of drug-likeness (QED) is 0.381. The van der Waals surface area contributed by atoms with Crippen LogP contribution in [0.3, 0.4) is 0 Å². The van der Waals surface area contributed by atoms with Crippen LogP contribution in [0.4, 0.5) is 0 Å².